The van der Waals surface area contributed by atoms with Crippen molar-refractivity contribution in [2.45, 2.75) is 103 Å². The lowest BCUT2D eigenvalue weighted by Crippen LogP contribution is -2.55. The SMILES string of the molecule is CC(=O)OC1CCC2(C)C(=CCC3C2CCC2(C)C3CC3OC32[C@H](C)OC(C)=O)C1. The van der Waals surface area contributed by atoms with Crippen molar-refractivity contribution < 1.29 is 23.8 Å². The van der Waals surface area contributed by atoms with Gasteiger partial charge >= 0.3 is 11.9 Å². The number of rotatable bonds is 3. The second kappa shape index (κ2) is 6.57. The first-order chi connectivity index (χ1) is 14.1. The predicted octanol–water partition coefficient (Wildman–Crippen LogP) is 4.58. The van der Waals surface area contributed by atoms with Crippen LogP contribution in [0, 0.1) is 28.6 Å². The lowest BCUT2D eigenvalue weighted by Gasteiger charge is -2.58. The van der Waals surface area contributed by atoms with E-state index in [0.717, 1.165) is 38.5 Å². The normalized spacial score (nSPS) is 49.5. The van der Waals surface area contributed by atoms with Gasteiger partial charge in [-0.3, -0.25) is 9.59 Å². The molecule has 166 valence electrons. The van der Waals surface area contributed by atoms with Gasteiger partial charge in [0.15, 0.2) is 0 Å². The largest absolute Gasteiger partial charge is 0.462 e. The van der Waals surface area contributed by atoms with E-state index in [-0.39, 0.29) is 46.7 Å². The van der Waals surface area contributed by atoms with Crippen LogP contribution in [0.3, 0.4) is 0 Å². The summed E-state index contributed by atoms with van der Waals surface area (Å²) in [5, 5.41) is 0. The van der Waals surface area contributed by atoms with E-state index in [0.29, 0.717) is 17.8 Å². The fourth-order valence-electron chi connectivity index (χ4n) is 8.52. The van der Waals surface area contributed by atoms with Gasteiger partial charge in [-0.15, -0.1) is 0 Å². The zero-order valence-electron chi connectivity index (χ0n) is 19.0. The fourth-order valence-corrected chi connectivity index (χ4v) is 8.52. The summed E-state index contributed by atoms with van der Waals surface area (Å²) >= 11 is 0. The molecule has 0 aromatic carbocycles. The number of hydrogen-bond acceptors (Lipinski definition) is 5. The first-order valence-corrected chi connectivity index (χ1v) is 11.8. The molecule has 0 aromatic rings. The highest BCUT2D eigenvalue weighted by atomic mass is 16.7. The van der Waals surface area contributed by atoms with Gasteiger partial charge in [0.05, 0.1) is 6.10 Å². The molecular formula is C25H36O5. The van der Waals surface area contributed by atoms with Gasteiger partial charge in [-0.1, -0.05) is 25.5 Å². The molecule has 0 N–H and O–H groups in total. The van der Waals surface area contributed by atoms with Gasteiger partial charge in [0.2, 0.25) is 0 Å². The molecule has 1 aliphatic heterocycles. The molecule has 0 aromatic heterocycles. The summed E-state index contributed by atoms with van der Waals surface area (Å²) in [5.41, 5.74) is 1.53. The zero-order valence-corrected chi connectivity index (χ0v) is 19.0. The molecule has 3 saturated carbocycles. The molecule has 0 spiro atoms. The molecule has 1 heterocycles. The second-order valence-corrected chi connectivity index (χ2v) is 11.1. The minimum Gasteiger partial charge on any atom is -0.462 e. The Morgan fingerprint density at radius 1 is 1.13 bits per heavy atom. The number of epoxide rings is 1. The summed E-state index contributed by atoms with van der Waals surface area (Å²) in [4.78, 5) is 23.1. The van der Waals surface area contributed by atoms with Crippen LogP contribution in [0.5, 0.6) is 0 Å². The van der Waals surface area contributed by atoms with Crippen molar-refractivity contribution in [3.63, 3.8) is 0 Å². The van der Waals surface area contributed by atoms with Crippen LogP contribution in [0.25, 0.3) is 0 Å². The Kier molecular flexibility index (Phi) is 4.50. The highest BCUT2D eigenvalue weighted by molar-refractivity contribution is 5.66. The van der Waals surface area contributed by atoms with Crippen LogP contribution in [0.2, 0.25) is 0 Å². The maximum Gasteiger partial charge on any atom is 0.302 e. The summed E-state index contributed by atoms with van der Waals surface area (Å²) in [6, 6.07) is 0. The van der Waals surface area contributed by atoms with E-state index in [1.165, 1.54) is 25.8 Å². The van der Waals surface area contributed by atoms with E-state index < -0.39 is 0 Å². The Hall–Kier alpha value is -1.36. The monoisotopic (exact) mass is 416 g/mol. The molecule has 1 saturated heterocycles. The maximum absolute atomic E-state index is 11.6. The number of esters is 2. The smallest absolute Gasteiger partial charge is 0.302 e. The van der Waals surface area contributed by atoms with Gasteiger partial charge in [0, 0.05) is 25.7 Å². The van der Waals surface area contributed by atoms with Gasteiger partial charge in [0.25, 0.3) is 0 Å². The van der Waals surface area contributed by atoms with E-state index in [2.05, 4.69) is 19.9 Å². The topological polar surface area (TPSA) is 65.1 Å². The number of carbonyl (C=O) groups is 2. The predicted molar refractivity (Wildman–Crippen MR) is 111 cm³/mol. The number of allylic oxidation sites excluding steroid dienone is 1. The number of hydrogen-bond donors (Lipinski definition) is 0. The van der Waals surface area contributed by atoms with Crippen LogP contribution in [-0.4, -0.2) is 35.9 Å². The van der Waals surface area contributed by atoms with Crippen molar-refractivity contribution >= 4 is 11.9 Å². The average molecular weight is 417 g/mol. The van der Waals surface area contributed by atoms with E-state index in [9.17, 15) is 9.59 Å². The Balaban J connectivity index is 1.40. The highest BCUT2D eigenvalue weighted by Crippen LogP contribution is 2.74. The van der Waals surface area contributed by atoms with E-state index in [1.54, 1.807) is 0 Å². The Bertz CT molecular complexity index is 803. The summed E-state index contributed by atoms with van der Waals surface area (Å²) in [7, 11) is 0. The molecule has 4 fully saturated rings. The molecule has 0 amide bonds. The number of carbonyl (C=O) groups excluding carboxylic acids is 2. The first-order valence-electron chi connectivity index (χ1n) is 11.8. The maximum atomic E-state index is 11.6. The van der Waals surface area contributed by atoms with E-state index >= 15 is 0 Å². The van der Waals surface area contributed by atoms with Crippen LogP contribution in [0.4, 0.5) is 0 Å². The molecule has 9 atom stereocenters. The van der Waals surface area contributed by atoms with Crippen molar-refractivity contribution in [3.8, 4) is 0 Å². The molecule has 4 aliphatic carbocycles. The summed E-state index contributed by atoms with van der Waals surface area (Å²) < 4.78 is 17.5. The quantitative estimate of drug-likeness (QED) is 0.383. The molecule has 5 heteroatoms. The van der Waals surface area contributed by atoms with Gasteiger partial charge in [-0.2, -0.15) is 0 Å². The molecule has 5 aliphatic rings. The zero-order chi connectivity index (χ0) is 21.5. The Morgan fingerprint density at radius 2 is 1.90 bits per heavy atom. The van der Waals surface area contributed by atoms with Crippen LogP contribution in [0.1, 0.15) is 79.6 Å². The standard InChI is InChI=1S/C25H36O5/c1-14(28-15(2)26)25-22(30-25)13-21-19-7-6-17-12-18(29-16(3)27)8-10-23(17,4)20(19)9-11-24(21,25)5/h6,14,18-22H,7-13H2,1-5H3/t14-,18?,19?,20?,21?,22?,23?,24?,25?/m0/s1. The lowest BCUT2D eigenvalue weighted by molar-refractivity contribution is -0.159. The third kappa shape index (κ3) is 2.63. The van der Waals surface area contributed by atoms with Gasteiger partial charge < -0.3 is 14.2 Å². The summed E-state index contributed by atoms with van der Waals surface area (Å²) in [6.07, 6.45) is 10.1. The van der Waals surface area contributed by atoms with Crippen molar-refractivity contribution in [3.05, 3.63) is 11.6 Å². The molecule has 5 rings (SSSR count). The van der Waals surface area contributed by atoms with Crippen LogP contribution >= 0.6 is 0 Å². The summed E-state index contributed by atoms with van der Waals surface area (Å²) in [6.45, 7) is 9.90. The highest BCUT2D eigenvalue weighted by Gasteiger charge is 2.79. The van der Waals surface area contributed by atoms with Crippen molar-refractivity contribution in [1.82, 2.24) is 0 Å². The molecule has 30 heavy (non-hydrogen) atoms. The molecule has 8 unspecified atom stereocenters. The lowest BCUT2D eigenvalue weighted by atomic mass is 9.47. The number of ether oxygens (including phenoxy) is 3. The molecule has 5 nitrogen and oxygen atoms in total. The molecular weight excluding hydrogens is 380 g/mol. The molecule has 0 radical (unpaired) electrons. The second-order valence-electron chi connectivity index (χ2n) is 11.1. The van der Waals surface area contributed by atoms with Gasteiger partial charge in [-0.25, -0.2) is 0 Å². The first kappa shape index (κ1) is 20.5. The van der Waals surface area contributed by atoms with Crippen molar-refractivity contribution in [2.75, 3.05) is 0 Å². The summed E-state index contributed by atoms with van der Waals surface area (Å²) in [5.74, 6) is 1.60. The number of fused-ring (bicyclic) bond motifs is 7. The van der Waals surface area contributed by atoms with Crippen LogP contribution in [0.15, 0.2) is 11.6 Å². The van der Waals surface area contributed by atoms with Crippen molar-refractivity contribution in [1.29, 1.82) is 0 Å². The third-order valence-electron chi connectivity index (χ3n) is 9.85. The van der Waals surface area contributed by atoms with Gasteiger partial charge in [0.1, 0.15) is 17.8 Å². The average Bonchev–Trinajstić information content (AvgIpc) is 3.33. The Morgan fingerprint density at radius 3 is 2.60 bits per heavy atom. The van der Waals surface area contributed by atoms with E-state index in [4.69, 9.17) is 14.2 Å². The Labute approximate surface area is 179 Å². The minimum absolute atomic E-state index is 0.0487. The fraction of sp³-hybridized carbons (Fsp3) is 0.840. The third-order valence-corrected chi connectivity index (χ3v) is 9.85. The minimum atomic E-state index is -0.286. The van der Waals surface area contributed by atoms with Gasteiger partial charge in [-0.05, 0) is 68.6 Å². The van der Waals surface area contributed by atoms with E-state index in [1.807, 2.05) is 6.92 Å². The van der Waals surface area contributed by atoms with Crippen molar-refractivity contribution in [2.24, 2.45) is 28.6 Å². The molecule has 0 bridgehead atoms. The van der Waals surface area contributed by atoms with Crippen LogP contribution in [-0.2, 0) is 23.8 Å². The van der Waals surface area contributed by atoms with Crippen LogP contribution < -0.4 is 0 Å².